The van der Waals surface area contributed by atoms with Gasteiger partial charge in [-0.3, -0.25) is 4.79 Å². The first-order valence-electron chi connectivity index (χ1n) is 7.61. The molecule has 1 amide bonds. The van der Waals surface area contributed by atoms with E-state index in [1.807, 2.05) is 25.1 Å². The minimum atomic E-state index is -0.0129. The van der Waals surface area contributed by atoms with Crippen molar-refractivity contribution in [1.82, 2.24) is 5.32 Å². The zero-order chi connectivity index (χ0) is 15.2. The Morgan fingerprint density at radius 2 is 2.24 bits per heavy atom. The Balaban J connectivity index is 1.98. The van der Waals surface area contributed by atoms with Crippen LogP contribution < -0.4 is 5.32 Å². The van der Waals surface area contributed by atoms with Gasteiger partial charge in [-0.15, -0.1) is 0 Å². The van der Waals surface area contributed by atoms with Crippen LogP contribution in [0.5, 0.6) is 0 Å². The van der Waals surface area contributed by atoms with E-state index in [4.69, 9.17) is 5.11 Å². The van der Waals surface area contributed by atoms with Crippen LogP contribution in [0.3, 0.4) is 0 Å². The van der Waals surface area contributed by atoms with E-state index < -0.39 is 0 Å². The molecule has 112 valence electrons. The van der Waals surface area contributed by atoms with E-state index in [9.17, 15) is 4.79 Å². The van der Waals surface area contributed by atoms with Gasteiger partial charge in [0.15, 0.2) is 0 Å². The van der Waals surface area contributed by atoms with Gasteiger partial charge in [-0.05, 0) is 49.9 Å². The van der Waals surface area contributed by atoms with Crippen LogP contribution in [-0.2, 0) is 0 Å². The molecule has 2 rings (SSSR count). The van der Waals surface area contributed by atoms with Crippen molar-refractivity contribution in [1.29, 1.82) is 0 Å². The average Bonchev–Trinajstić information content (AvgIpc) is 3.24. The van der Waals surface area contributed by atoms with Gasteiger partial charge in [-0.1, -0.05) is 24.7 Å². The summed E-state index contributed by atoms with van der Waals surface area (Å²) in [5, 5.41) is 11.8. The maximum atomic E-state index is 12.2. The summed E-state index contributed by atoms with van der Waals surface area (Å²) in [5.74, 6) is 6.71. The van der Waals surface area contributed by atoms with E-state index >= 15 is 0 Å². The van der Waals surface area contributed by atoms with Crippen molar-refractivity contribution in [2.75, 3.05) is 6.61 Å². The normalized spacial score (nSPS) is 15.0. The van der Waals surface area contributed by atoms with Crippen molar-refractivity contribution in [3.8, 4) is 11.8 Å². The Kier molecular flexibility index (Phi) is 5.41. The third-order valence-electron chi connectivity index (χ3n) is 3.71. The molecule has 0 spiro atoms. The molecular formula is C18H23NO2. The monoisotopic (exact) mass is 285 g/mol. The summed E-state index contributed by atoms with van der Waals surface area (Å²) < 4.78 is 0. The molecule has 1 aromatic carbocycles. The second kappa shape index (κ2) is 7.28. The lowest BCUT2D eigenvalue weighted by Crippen LogP contribution is -2.32. The second-order valence-electron chi connectivity index (χ2n) is 5.86. The molecule has 0 aliphatic heterocycles. The predicted octanol–water partition coefficient (Wildman–Crippen LogP) is 2.65. The summed E-state index contributed by atoms with van der Waals surface area (Å²) >= 11 is 0. The topological polar surface area (TPSA) is 49.3 Å². The summed E-state index contributed by atoms with van der Waals surface area (Å²) in [7, 11) is 0. The molecule has 0 heterocycles. The number of carbonyl (C=O) groups excluding carboxylic acids is 1. The SMILES string of the molecule is Cc1cc(C(=O)NC(C)CC2CC2)ccc1C#CCCO. The molecule has 1 aromatic rings. The molecule has 1 unspecified atom stereocenters. The number of carbonyl (C=O) groups is 1. The number of nitrogens with one attached hydrogen (secondary N) is 1. The van der Waals surface area contributed by atoms with Crippen LogP contribution >= 0.6 is 0 Å². The highest BCUT2D eigenvalue weighted by molar-refractivity contribution is 5.94. The van der Waals surface area contributed by atoms with Crippen molar-refractivity contribution in [3.05, 3.63) is 34.9 Å². The van der Waals surface area contributed by atoms with Crippen molar-refractivity contribution in [3.63, 3.8) is 0 Å². The molecular weight excluding hydrogens is 262 g/mol. The molecule has 1 fully saturated rings. The van der Waals surface area contributed by atoms with Crippen LogP contribution in [0.2, 0.25) is 0 Å². The fraction of sp³-hybridized carbons (Fsp3) is 0.500. The van der Waals surface area contributed by atoms with Crippen LogP contribution in [-0.4, -0.2) is 23.7 Å². The number of benzene rings is 1. The molecule has 3 heteroatoms. The van der Waals surface area contributed by atoms with Gasteiger partial charge in [0.1, 0.15) is 0 Å². The quantitative estimate of drug-likeness (QED) is 0.817. The number of rotatable bonds is 5. The van der Waals surface area contributed by atoms with E-state index in [1.54, 1.807) is 0 Å². The summed E-state index contributed by atoms with van der Waals surface area (Å²) in [5.41, 5.74) is 2.58. The molecule has 1 aliphatic carbocycles. The van der Waals surface area contributed by atoms with E-state index in [1.165, 1.54) is 12.8 Å². The number of aliphatic hydroxyl groups excluding tert-OH is 1. The molecule has 1 saturated carbocycles. The molecule has 0 radical (unpaired) electrons. The first-order chi connectivity index (χ1) is 10.1. The standard InChI is InChI=1S/C18H23NO2/c1-13-11-17(9-8-16(13)5-3-4-10-20)18(21)19-14(2)12-15-6-7-15/h8-9,11,14-15,20H,4,6-7,10,12H2,1-2H3,(H,19,21). The molecule has 0 bridgehead atoms. The Morgan fingerprint density at radius 1 is 1.48 bits per heavy atom. The lowest BCUT2D eigenvalue weighted by atomic mass is 10.0. The highest BCUT2D eigenvalue weighted by Gasteiger charge is 2.24. The minimum absolute atomic E-state index is 0.0129. The van der Waals surface area contributed by atoms with Crippen LogP contribution in [0.1, 0.15) is 54.1 Å². The van der Waals surface area contributed by atoms with E-state index in [0.29, 0.717) is 12.0 Å². The zero-order valence-electron chi connectivity index (χ0n) is 12.8. The Labute approximate surface area is 126 Å². The molecule has 2 N–H and O–H groups in total. The van der Waals surface area contributed by atoms with Crippen molar-refractivity contribution in [2.24, 2.45) is 5.92 Å². The predicted molar refractivity (Wildman–Crippen MR) is 84.0 cm³/mol. The van der Waals surface area contributed by atoms with E-state index in [0.717, 1.165) is 23.5 Å². The van der Waals surface area contributed by atoms with E-state index in [2.05, 4.69) is 24.1 Å². The summed E-state index contributed by atoms with van der Waals surface area (Å²) in [4.78, 5) is 12.2. The minimum Gasteiger partial charge on any atom is -0.395 e. The van der Waals surface area contributed by atoms with Crippen molar-refractivity contribution >= 4 is 5.91 Å². The average molecular weight is 285 g/mol. The smallest absolute Gasteiger partial charge is 0.251 e. The number of aryl methyl sites for hydroxylation is 1. The van der Waals surface area contributed by atoms with Crippen molar-refractivity contribution in [2.45, 2.75) is 45.6 Å². The summed E-state index contributed by atoms with van der Waals surface area (Å²) in [6, 6.07) is 5.80. The van der Waals surface area contributed by atoms with Crippen LogP contribution in [0.25, 0.3) is 0 Å². The lowest BCUT2D eigenvalue weighted by molar-refractivity contribution is 0.0937. The van der Waals surface area contributed by atoms with Gasteiger partial charge in [0.2, 0.25) is 0 Å². The lowest BCUT2D eigenvalue weighted by Gasteiger charge is -2.13. The van der Waals surface area contributed by atoms with Crippen molar-refractivity contribution < 1.29 is 9.90 Å². The van der Waals surface area contributed by atoms with Gasteiger partial charge < -0.3 is 10.4 Å². The Bertz CT molecular complexity index is 564. The van der Waals surface area contributed by atoms with Crippen LogP contribution in [0.15, 0.2) is 18.2 Å². The molecule has 1 aliphatic rings. The number of aliphatic hydroxyl groups is 1. The third kappa shape index (κ3) is 4.91. The fourth-order valence-corrected chi connectivity index (χ4v) is 2.38. The third-order valence-corrected chi connectivity index (χ3v) is 3.71. The molecule has 1 atom stereocenters. The van der Waals surface area contributed by atoms with Gasteiger partial charge in [-0.25, -0.2) is 0 Å². The summed E-state index contributed by atoms with van der Waals surface area (Å²) in [6.45, 7) is 4.09. The first kappa shape index (κ1) is 15.6. The van der Waals surface area contributed by atoms with Gasteiger partial charge in [0.05, 0.1) is 6.61 Å². The van der Waals surface area contributed by atoms with E-state index in [-0.39, 0.29) is 18.6 Å². The number of hydrogen-bond donors (Lipinski definition) is 2. The largest absolute Gasteiger partial charge is 0.395 e. The van der Waals surface area contributed by atoms with Gasteiger partial charge >= 0.3 is 0 Å². The number of hydrogen-bond acceptors (Lipinski definition) is 2. The highest BCUT2D eigenvalue weighted by atomic mass is 16.2. The van der Waals surface area contributed by atoms with Gasteiger partial charge in [0.25, 0.3) is 5.91 Å². The van der Waals surface area contributed by atoms with Gasteiger partial charge in [0, 0.05) is 23.6 Å². The zero-order valence-corrected chi connectivity index (χ0v) is 12.8. The second-order valence-corrected chi connectivity index (χ2v) is 5.86. The fourth-order valence-electron chi connectivity index (χ4n) is 2.38. The molecule has 0 aromatic heterocycles. The Hall–Kier alpha value is -1.79. The summed E-state index contributed by atoms with van der Waals surface area (Å²) in [6.07, 6.45) is 4.16. The van der Waals surface area contributed by atoms with Crippen LogP contribution in [0, 0.1) is 24.7 Å². The maximum absolute atomic E-state index is 12.2. The van der Waals surface area contributed by atoms with Gasteiger partial charge in [-0.2, -0.15) is 0 Å². The molecule has 0 saturated heterocycles. The highest BCUT2D eigenvalue weighted by Crippen LogP contribution is 2.33. The maximum Gasteiger partial charge on any atom is 0.251 e. The van der Waals surface area contributed by atoms with Crippen LogP contribution in [0.4, 0.5) is 0 Å². The molecule has 21 heavy (non-hydrogen) atoms. The first-order valence-corrected chi connectivity index (χ1v) is 7.61. The molecule has 3 nitrogen and oxygen atoms in total. The number of amides is 1. The Morgan fingerprint density at radius 3 is 2.86 bits per heavy atom.